The van der Waals surface area contributed by atoms with E-state index < -0.39 is 11.8 Å². The Labute approximate surface area is 114 Å². The van der Waals surface area contributed by atoms with Gasteiger partial charge in [-0.25, -0.2) is 0 Å². The van der Waals surface area contributed by atoms with E-state index in [1.165, 1.54) is 4.90 Å². The average molecular weight is 263 g/mol. The quantitative estimate of drug-likeness (QED) is 0.839. The molecule has 19 heavy (non-hydrogen) atoms. The minimum Gasteiger partial charge on any atom is -0.378 e. The third-order valence-electron chi connectivity index (χ3n) is 2.87. The first-order chi connectivity index (χ1) is 8.99. The van der Waals surface area contributed by atoms with Crippen LogP contribution in [0, 0.1) is 0 Å². The molecular weight excluding hydrogens is 242 g/mol. The molecule has 0 aliphatic carbocycles. The summed E-state index contributed by atoms with van der Waals surface area (Å²) in [6.07, 6.45) is 0. The Hall–Kier alpha value is -2.04. The normalized spacial score (nSPS) is 9.89. The number of nitrogens with one attached hydrogen (secondary N) is 1. The van der Waals surface area contributed by atoms with E-state index in [1.54, 1.807) is 6.07 Å². The fourth-order valence-corrected chi connectivity index (χ4v) is 1.70. The molecule has 1 aromatic rings. The molecule has 0 heterocycles. The number of hydrogen-bond acceptors (Lipinski definition) is 3. The van der Waals surface area contributed by atoms with Crippen molar-refractivity contribution >= 4 is 23.2 Å². The summed E-state index contributed by atoms with van der Waals surface area (Å²) in [5, 5.41) is 2.63. The van der Waals surface area contributed by atoms with Crippen molar-refractivity contribution in [3.05, 3.63) is 24.3 Å². The maximum atomic E-state index is 11.8. The molecule has 0 bridgehead atoms. The Morgan fingerprint density at radius 3 is 2.32 bits per heavy atom. The number of rotatable bonds is 4. The summed E-state index contributed by atoms with van der Waals surface area (Å²) < 4.78 is 0. The first kappa shape index (κ1) is 15.0. The van der Waals surface area contributed by atoms with E-state index in [1.807, 2.05) is 51.0 Å². The summed E-state index contributed by atoms with van der Waals surface area (Å²) in [5.74, 6) is -1.10. The highest BCUT2D eigenvalue weighted by Gasteiger charge is 2.19. The van der Waals surface area contributed by atoms with Crippen LogP contribution in [0.5, 0.6) is 0 Å². The number of hydrogen-bond donors (Lipinski definition) is 1. The maximum Gasteiger partial charge on any atom is 0.313 e. The molecule has 0 radical (unpaired) electrons. The molecule has 104 valence electrons. The molecule has 0 aliphatic rings. The zero-order valence-electron chi connectivity index (χ0n) is 11.9. The molecule has 0 saturated carbocycles. The third-order valence-corrected chi connectivity index (χ3v) is 2.87. The van der Waals surface area contributed by atoms with Crippen molar-refractivity contribution in [1.29, 1.82) is 0 Å². The van der Waals surface area contributed by atoms with Crippen LogP contribution in [0.2, 0.25) is 0 Å². The minimum absolute atomic E-state index is 0.500. The summed E-state index contributed by atoms with van der Waals surface area (Å²) >= 11 is 0. The van der Waals surface area contributed by atoms with Crippen molar-refractivity contribution in [2.75, 3.05) is 37.4 Å². The molecule has 1 aromatic carbocycles. The monoisotopic (exact) mass is 263 g/mol. The first-order valence-electron chi connectivity index (χ1n) is 6.37. The molecular formula is C14H21N3O2. The highest BCUT2D eigenvalue weighted by Crippen LogP contribution is 2.17. The highest BCUT2D eigenvalue weighted by molar-refractivity contribution is 6.39. The van der Waals surface area contributed by atoms with E-state index in [-0.39, 0.29) is 0 Å². The van der Waals surface area contributed by atoms with Crippen LogP contribution in [0.15, 0.2) is 24.3 Å². The summed E-state index contributed by atoms with van der Waals surface area (Å²) in [6.45, 7) is 4.75. The Bertz CT molecular complexity index is 454. The molecule has 5 nitrogen and oxygen atoms in total. The number of nitrogens with zero attached hydrogens (tertiary/aromatic N) is 2. The Morgan fingerprint density at radius 2 is 1.79 bits per heavy atom. The largest absolute Gasteiger partial charge is 0.378 e. The van der Waals surface area contributed by atoms with Gasteiger partial charge < -0.3 is 15.1 Å². The number of carbonyl (C=O) groups is 2. The van der Waals surface area contributed by atoms with Gasteiger partial charge in [0.2, 0.25) is 0 Å². The molecule has 1 N–H and O–H groups in total. The van der Waals surface area contributed by atoms with E-state index >= 15 is 0 Å². The molecule has 0 saturated heterocycles. The molecule has 0 unspecified atom stereocenters. The van der Waals surface area contributed by atoms with E-state index in [0.29, 0.717) is 18.8 Å². The van der Waals surface area contributed by atoms with Gasteiger partial charge in [-0.05, 0) is 32.0 Å². The lowest BCUT2D eigenvalue weighted by atomic mass is 10.2. The minimum atomic E-state index is -0.598. The van der Waals surface area contributed by atoms with Gasteiger partial charge in [-0.2, -0.15) is 0 Å². The van der Waals surface area contributed by atoms with Crippen LogP contribution in [-0.4, -0.2) is 43.9 Å². The molecule has 0 aromatic heterocycles. The molecule has 2 amide bonds. The fourth-order valence-electron chi connectivity index (χ4n) is 1.70. The standard InChI is InChI=1S/C14H21N3O2/c1-5-17(6-2)14(19)13(18)15-11-8-7-9-12(10-11)16(3)4/h7-10H,5-6H2,1-4H3,(H,15,18). The number of carbonyl (C=O) groups excluding carboxylic acids is 2. The van der Waals surface area contributed by atoms with Crippen molar-refractivity contribution in [3.63, 3.8) is 0 Å². The van der Waals surface area contributed by atoms with Gasteiger partial charge in [-0.15, -0.1) is 0 Å². The predicted molar refractivity (Wildman–Crippen MR) is 77.3 cm³/mol. The van der Waals surface area contributed by atoms with Crippen LogP contribution in [0.25, 0.3) is 0 Å². The molecule has 0 fully saturated rings. The number of likely N-dealkylation sites (N-methyl/N-ethyl adjacent to an activating group) is 1. The van der Waals surface area contributed by atoms with Gasteiger partial charge >= 0.3 is 11.8 Å². The number of anilines is 2. The van der Waals surface area contributed by atoms with Gasteiger partial charge in [0.05, 0.1) is 0 Å². The van der Waals surface area contributed by atoms with Crippen molar-refractivity contribution in [3.8, 4) is 0 Å². The van der Waals surface area contributed by atoms with Crippen LogP contribution >= 0.6 is 0 Å². The van der Waals surface area contributed by atoms with Gasteiger partial charge in [0.1, 0.15) is 0 Å². The summed E-state index contributed by atoms with van der Waals surface area (Å²) in [4.78, 5) is 27.1. The second-order valence-corrected chi connectivity index (χ2v) is 4.38. The Morgan fingerprint density at radius 1 is 1.16 bits per heavy atom. The van der Waals surface area contributed by atoms with E-state index in [2.05, 4.69) is 5.32 Å². The third kappa shape index (κ3) is 3.98. The first-order valence-corrected chi connectivity index (χ1v) is 6.37. The van der Waals surface area contributed by atoms with Gasteiger partial charge in [0.25, 0.3) is 0 Å². The van der Waals surface area contributed by atoms with E-state index in [0.717, 1.165) is 5.69 Å². The molecule has 1 rings (SSSR count). The van der Waals surface area contributed by atoms with Crippen LogP contribution < -0.4 is 10.2 Å². The topological polar surface area (TPSA) is 52.7 Å². The van der Waals surface area contributed by atoms with Crippen molar-refractivity contribution in [1.82, 2.24) is 4.90 Å². The Kier molecular flexibility index (Phi) is 5.36. The van der Waals surface area contributed by atoms with Crippen LogP contribution in [0.3, 0.4) is 0 Å². The van der Waals surface area contributed by atoms with Crippen molar-refractivity contribution in [2.45, 2.75) is 13.8 Å². The SMILES string of the molecule is CCN(CC)C(=O)C(=O)Nc1cccc(N(C)C)c1. The molecule has 0 atom stereocenters. The lowest BCUT2D eigenvalue weighted by Crippen LogP contribution is -2.39. The zero-order chi connectivity index (χ0) is 14.4. The van der Waals surface area contributed by atoms with Gasteiger partial charge in [0, 0.05) is 38.6 Å². The van der Waals surface area contributed by atoms with Crippen molar-refractivity contribution < 1.29 is 9.59 Å². The maximum absolute atomic E-state index is 11.8. The predicted octanol–water partition coefficient (Wildman–Crippen LogP) is 1.56. The molecule has 0 aliphatic heterocycles. The highest BCUT2D eigenvalue weighted by atomic mass is 16.2. The summed E-state index contributed by atoms with van der Waals surface area (Å²) in [7, 11) is 3.84. The summed E-state index contributed by atoms with van der Waals surface area (Å²) in [6, 6.07) is 7.36. The second-order valence-electron chi connectivity index (χ2n) is 4.38. The van der Waals surface area contributed by atoms with E-state index in [9.17, 15) is 9.59 Å². The number of benzene rings is 1. The second kappa shape index (κ2) is 6.78. The zero-order valence-corrected chi connectivity index (χ0v) is 11.9. The van der Waals surface area contributed by atoms with Crippen LogP contribution in [0.4, 0.5) is 11.4 Å². The Balaban J connectivity index is 2.76. The van der Waals surface area contributed by atoms with Gasteiger partial charge in [-0.1, -0.05) is 6.07 Å². The summed E-state index contributed by atoms with van der Waals surface area (Å²) in [5.41, 5.74) is 1.59. The van der Waals surface area contributed by atoms with E-state index in [4.69, 9.17) is 0 Å². The lowest BCUT2D eigenvalue weighted by Gasteiger charge is -2.18. The van der Waals surface area contributed by atoms with Crippen molar-refractivity contribution in [2.24, 2.45) is 0 Å². The van der Waals surface area contributed by atoms with Crippen LogP contribution in [-0.2, 0) is 9.59 Å². The fraction of sp³-hybridized carbons (Fsp3) is 0.429. The smallest absolute Gasteiger partial charge is 0.313 e. The molecule has 5 heteroatoms. The van der Waals surface area contributed by atoms with Gasteiger partial charge in [-0.3, -0.25) is 9.59 Å². The number of amides is 2. The lowest BCUT2D eigenvalue weighted by molar-refractivity contribution is -0.142. The van der Waals surface area contributed by atoms with Gasteiger partial charge in [0.15, 0.2) is 0 Å². The van der Waals surface area contributed by atoms with Crippen LogP contribution in [0.1, 0.15) is 13.8 Å². The average Bonchev–Trinajstić information content (AvgIpc) is 2.40. The molecule has 0 spiro atoms.